The maximum atomic E-state index is 14.4. The number of carbonyl (C=O) groups is 4. The van der Waals surface area contributed by atoms with Gasteiger partial charge in [0, 0.05) is 79.3 Å². The van der Waals surface area contributed by atoms with Crippen molar-refractivity contribution >= 4 is 63.6 Å². The first kappa shape index (κ1) is 52.5. The number of hydrogen-bond donors (Lipinski definition) is 3. The first-order valence-electron chi connectivity index (χ1n) is 25.5. The van der Waals surface area contributed by atoms with Crippen LogP contribution in [0.15, 0.2) is 59.0 Å². The van der Waals surface area contributed by atoms with Gasteiger partial charge in [0.2, 0.25) is 23.6 Å². The molecule has 5 aromatic rings. The highest BCUT2D eigenvalue weighted by atomic mass is 35.5. The number of aromatic nitrogens is 4. The van der Waals surface area contributed by atoms with Gasteiger partial charge in [-0.25, -0.2) is 4.98 Å². The number of aliphatic hydroxyl groups excluding tert-OH is 1. The molecular weight excluding hydrogens is 982 g/mol. The number of β-amino-alcohol motifs (C(OH)–C–C–N with tert-alkyl or cyclic N) is 1. The number of rotatable bonds is 12. The Hall–Kier alpha value is -5.37. The lowest BCUT2D eigenvalue weighted by molar-refractivity contribution is -0.144. The molecule has 9 rings (SSSR count). The normalized spacial score (nSPS) is 20.9. The Bertz CT molecular complexity index is 2860. The second-order valence-electron chi connectivity index (χ2n) is 21.3. The molecule has 3 aromatic heterocycles. The van der Waals surface area contributed by atoms with Gasteiger partial charge in [0.25, 0.3) is 0 Å². The number of aliphatic imine (C=N–C) groups is 1. The Morgan fingerprint density at radius 3 is 2.29 bits per heavy atom. The van der Waals surface area contributed by atoms with Crippen LogP contribution >= 0.6 is 34.3 Å². The number of aryl methyl sites for hydroxylation is 3. The van der Waals surface area contributed by atoms with Gasteiger partial charge in [-0.1, -0.05) is 68.8 Å². The van der Waals surface area contributed by atoms with Gasteiger partial charge < -0.3 is 25.5 Å². The molecule has 0 aliphatic carbocycles. The highest BCUT2D eigenvalue weighted by Gasteiger charge is 2.45. The van der Waals surface area contributed by atoms with Gasteiger partial charge in [-0.05, 0) is 88.1 Å². The topological polar surface area (TPSA) is 181 Å². The summed E-state index contributed by atoms with van der Waals surface area (Å²) in [4.78, 5) is 76.4. The molecule has 0 saturated carbocycles. The lowest BCUT2D eigenvalue weighted by Gasteiger charge is -2.39. The van der Waals surface area contributed by atoms with Crippen LogP contribution in [0.3, 0.4) is 0 Å². The number of piperidine rings is 1. The summed E-state index contributed by atoms with van der Waals surface area (Å²) >= 11 is 9.59. The van der Waals surface area contributed by atoms with Gasteiger partial charge >= 0.3 is 0 Å². The minimum absolute atomic E-state index is 0.00726. The Balaban J connectivity index is 0.777. The van der Waals surface area contributed by atoms with Crippen LogP contribution in [-0.4, -0.2) is 150 Å². The van der Waals surface area contributed by atoms with Gasteiger partial charge in [0.1, 0.15) is 29.0 Å². The number of thiazole rings is 1. The molecule has 19 heteroatoms. The molecule has 4 amide bonds. The number of hydrogen-bond acceptors (Lipinski definition) is 13. The fourth-order valence-electron chi connectivity index (χ4n) is 10.8. The minimum atomic E-state index is -0.912. The Morgan fingerprint density at radius 1 is 0.890 bits per heavy atom. The average Bonchev–Trinajstić information content (AvgIpc) is 4.08. The number of nitrogens with zero attached hydrogens (tertiary/aromatic N) is 9. The van der Waals surface area contributed by atoms with Crippen molar-refractivity contribution in [1.82, 2.24) is 50.0 Å². The number of benzene rings is 2. The van der Waals surface area contributed by atoms with Crippen LogP contribution in [-0.2, 0) is 19.2 Å². The summed E-state index contributed by atoms with van der Waals surface area (Å²) < 4.78 is 2.08. The molecule has 3 saturated heterocycles. The molecule has 4 aliphatic heterocycles. The molecule has 4 aliphatic rings. The summed E-state index contributed by atoms with van der Waals surface area (Å²) in [6.45, 7) is 20.3. The number of fused-ring (bicyclic) bond motifs is 3. The Labute approximate surface area is 441 Å². The van der Waals surface area contributed by atoms with Gasteiger partial charge in [0.15, 0.2) is 5.82 Å². The number of amides is 4. The van der Waals surface area contributed by atoms with Crippen LogP contribution in [0.25, 0.3) is 15.4 Å². The van der Waals surface area contributed by atoms with E-state index in [4.69, 9.17) is 16.6 Å². The first-order chi connectivity index (χ1) is 34.8. The third-order valence-corrected chi connectivity index (χ3v) is 17.5. The van der Waals surface area contributed by atoms with Crippen molar-refractivity contribution < 1.29 is 24.3 Å². The number of nitrogens with one attached hydrogen (secondary N) is 2. The molecule has 1 unspecified atom stereocenters. The second-order valence-corrected chi connectivity index (χ2v) is 23.8. The lowest BCUT2D eigenvalue weighted by Crippen LogP contribution is -2.59. The summed E-state index contributed by atoms with van der Waals surface area (Å²) in [7, 11) is 0. The number of likely N-dealkylation sites (tertiary alicyclic amines) is 2. The van der Waals surface area contributed by atoms with Crippen LogP contribution < -0.4 is 10.6 Å². The molecule has 73 heavy (non-hydrogen) atoms. The first-order valence-corrected chi connectivity index (χ1v) is 27.6. The molecule has 0 bridgehead atoms. The maximum absolute atomic E-state index is 14.4. The average molecular weight is 1050 g/mol. The summed E-state index contributed by atoms with van der Waals surface area (Å²) in [6.07, 6.45) is 2.02. The molecule has 7 heterocycles. The zero-order valence-corrected chi connectivity index (χ0v) is 45.5. The van der Waals surface area contributed by atoms with Gasteiger partial charge in [0.05, 0.1) is 46.9 Å². The molecule has 2 aromatic carbocycles. The third-order valence-electron chi connectivity index (χ3n) is 15.1. The second kappa shape index (κ2) is 21.8. The van der Waals surface area contributed by atoms with Crippen molar-refractivity contribution in [2.45, 2.75) is 124 Å². The quantitative estimate of drug-likeness (QED) is 0.118. The van der Waals surface area contributed by atoms with E-state index in [0.29, 0.717) is 30.0 Å². The fraction of sp³-hybridized carbons (Fsp3) is 0.519. The van der Waals surface area contributed by atoms with Crippen molar-refractivity contribution in [3.05, 3.63) is 104 Å². The maximum Gasteiger partial charge on any atom is 0.246 e. The van der Waals surface area contributed by atoms with Crippen molar-refractivity contribution in [2.24, 2.45) is 10.4 Å². The number of aliphatic hydroxyl groups is 1. The van der Waals surface area contributed by atoms with E-state index in [1.54, 1.807) is 22.7 Å². The summed E-state index contributed by atoms with van der Waals surface area (Å²) in [5, 5.41) is 27.7. The van der Waals surface area contributed by atoms with E-state index in [-0.39, 0.29) is 55.6 Å². The number of carbonyl (C=O) groups excluding carboxylic acids is 4. The van der Waals surface area contributed by atoms with Crippen LogP contribution in [0.5, 0.6) is 0 Å². The van der Waals surface area contributed by atoms with Crippen LogP contribution in [0.1, 0.15) is 116 Å². The number of thiophene rings is 1. The van der Waals surface area contributed by atoms with E-state index < -0.39 is 29.6 Å². The third kappa shape index (κ3) is 11.3. The number of halogens is 1. The highest BCUT2D eigenvalue weighted by molar-refractivity contribution is 7.15. The van der Waals surface area contributed by atoms with Crippen molar-refractivity contribution in [1.29, 1.82) is 0 Å². The summed E-state index contributed by atoms with van der Waals surface area (Å²) in [5.41, 5.74) is 8.04. The summed E-state index contributed by atoms with van der Waals surface area (Å²) in [5.74, 6) is 0.483. The molecule has 5 atom stereocenters. The van der Waals surface area contributed by atoms with E-state index >= 15 is 0 Å². The molecule has 0 spiro atoms. The standard InChI is InChI=1S/C54H68ClN11O5S2/c1-31-34(4)73-53-46(31)47(37-14-16-39(55)17-15-37)58-42(50-61-60-35(5)66(50)53)27-45(69)64-21-9-20-63(24-25-64)40-18-22-62(23-19-40)29-44(68)59-49(54(6,7)8)52(71)65-28-41(67)26-43(65)51(70)57-32(2)36-10-12-38(13-11-36)48-33(3)56-30-72-48/h10-17,30,32,40-43,49,67H,9,18-29H2,1-8H3,(H,57,70)(H,59,68)/t32-,41+,42-,43-,49?/m0/s1. The van der Waals surface area contributed by atoms with Crippen LogP contribution in [0, 0.1) is 33.1 Å². The van der Waals surface area contributed by atoms with E-state index in [1.807, 2.05) is 100 Å². The molecular formula is C54H68ClN11O5S2. The predicted octanol–water partition coefficient (Wildman–Crippen LogP) is 6.99. The van der Waals surface area contributed by atoms with Crippen LogP contribution in [0.2, 0.25) is 5.02 Å². The zero-order chi connectivity index (χ0) is 51.9. The monoisotopic (exact) mass is 1050 g/mol. The van der Waals surface area contributed by atoms with Crippen molar-refractivity contribution in [2.75, 3.05) is 52.4 Å². The smallest absolute Gasteiger partial charge is 0.246 e. The highest BCUT2D eigenvalue weighted by Crippen LogP contribution is 2.40. The van der Waals surface area contributed by atoms with Gasteiger partial charge in [-0.15, -0.1) is 32.9 Å². The van der Waals surface area contributed by atoms with Crippen molar-refractivity contribution in [3.8, 4) is 15.4 Å². The molecule has 3 N–H and O–H groups in total. The molecule has 16 nitrogen and oxygen atoms in total. The van der Waals surface area contributed by atoms with Crippen molar-refractivity contribution in [3.63, 3.8) is 0 Å². The predicted molar refractivity (Wildman–Crippen MR) is 286 cm³/mol. The summed E-state index contributed by atoms with van der Waals surface area (Å²) in [6, 6.07) is 13.4. The molecule has 3 fully saturated rings. The van der Waals surface area contributed by atoms with Gasteiger partial charge in [-0.3, -0.25) is 38.5 Å². The largest absolute Gasteiger partial charge is 0.391 e. The molecule has 388 valence electrons. The lowest BCUT2D eigenvalue weighted by atomic mass is 9.85. The van der Waals surface area contributed by atoms with E-state index in [2.05, 4.69) is 54.0 Å². The zero-order valence-electron chi connectivity index (χ0n) is 43.2. The Kier molecular flexibility index (Phi) is 15.7. The fourth-order valence-corrected chi connectivity index (χ4v) is 13.0. The minimum Gasteiger partial charge on any atom is -0.391 e. The molecule has 0 radical (unpaired) electrons. The van der Waals surface area contributed by atoms with E-state index in [0.717, 1.165) is 100 Å². The van der Waals surface area contributed by atoms with E-state index in [9.17, 15) is 24.3 Å². The SMILES string of the molecule is Cc1ncsc1-c1ccc([C@H](C)NC(=O)[C@@H]2C[C@@H](O)CN2C(=O)C(NC(=O)CN2CCC(N3CCCN(C(=O)C[C@@H]4N=C(c5ccc(Cl)cc5)c5c(sc(C)c5C)-n5c(C)nnc54)CC3)CC2)C(C)(C)C)cc1. The van der Waals surface area contributed by atoms with Crippen LogP contribution in [0.4, 0.5) is 0 Å². The van der Waals surface area contributed by atoms with E-state index in [1.165, 1.54) is 9.78 Å². The Morgan fingerprint density at radius 2 is 1.60 bits per heavy atom. The van der Waals surface area contributed by atoms with Gasteiger partial charge in [-0.2, -0.15) is 0 Å².